The average molecular weight is 147 g/mol. The van der Waals surface area contributed by atoms with Crippen LogP contribution in [0.15, 0.2) is 0 Å². The van der Waals surface area contributed by atoms with E-state index in [2.05, 4.69) is 0 Å². The summed E-state index contributed by atoms with van der Waals surface area (Å²) in [6, 6.07) is 0. The first-order valence-electron chi connectivity index (χ1n) is 3.30. The molecule has 60 valence electrons. The number of rotatable bonds is 4. The molecule has 0 spiro atoms. The normalized spacial score (nSPS) is 16.3. The number of hydrogen-bond acceptors (Lipinski definition) is 3. The van der Waals surface area contributed by atoms with Crippen LogP contribution < -0.4 is 0 Å². The molecule has 2 atom stereocenters. The van der Waals surface area contributed by atoms with Crippen LogP contribution in [0, 0.1) is 22.0 Å². The number of aliphatic hydroxyl groups excluding tert-OH is 1. The van der Waals surface area contributed by atoms with E-state index in [0.29, 0.717) is 0 Å². The molecule has 0 aromatic heterocycles. The molecule has 0 saturated carbocycles. The van der Waals surface area contributed by atoms with Crippen LogP contribution in [0.1, 0.15) is 13.8 Å². The van der Waals surface area contributed by atoms with E-state index in [1.165, 1.54) is 0 Å². The monoisotopic (exact) mass is 147 g/mol. The van der Waals surface area contributed by atoms with Gasteiger partial charge in [0.1, 0.15) is 0 Å². The Hall–Kier alpha value is -0.640. The van der Waals surface area contributed by atoms with Gasteiger partial charge >= 0.3 is 0 Å². The van der Waals surface area contributed by atoms with Crippen molar-refractivity contribution in [3.05, 3.63) is 10.1 Å². The van der Waals surface area contributed by atoms with Crippen LogP contribution >= 0.6 is 0 Å². The van der Waals surface area contributed by atoms with Gasteiger partial charge in [0.25, 0.3) is 0 Å². The summed E-state index contributed by atoms with van der Waals surface area (Å²) in [4.78, 5) is 9.60. The zero-order chi connectivity index (χ0) is 8.15. The lowest BCUT2D eigenvalue weighted by Gasteiger charge is -2.11. The minimum Gasteiger partial charge on any atom is -0.396 e. The van der Waals surface area contributed by atoms with Crippen molar-refractivity contribution in [1.29, 1.82) is 0 Å². The maximum absolute atomic E-state index is 9.95. The molecule has 0 bridgehead atoms. The first kappa shape index (κ1) is 9.36. The van der Waals surface area contributed by atoms with Gasteiger partial charge in [0, 0.05) is 17.4 Å². The van der Waals surface area contributed by atoms with Gasteiger partial charge in [0.2, 0.25) is 6.54 Å². The van der Waals surface area contributed by atoms with Crippen molar-refractivity contribution in [3.63, 3.8) is 0 Å². The first-order valence-corrected chi connectivity index (χ1v) is 3.30. The first-order chi connectivity index (χ1) is 4.57. The lowest BCUT2D eigenvalue weighted by molar-refractivity contribution is -0.489. The van der Waals surface area contributed by atoms with Crippen molar-refractivity contribution in [2.24, 2.45) is 11.8 Å². The summed E-state index contributed by atoms with van der Waals surface area (Å²) in [5, 5.41) is 18.5. The van der Waals surface area contributed by atoms with Crippen LogP contribution in [0.3, 0.4) is 0 Å². The zero-order valence-electron chi connectivity index (χ0n) is 6.28. The fourth-order valence-corrected chi connectivity index (χ4v) is 0.595. The number of nitrogens with zero attached hydrogens (tertiary/aromatic N) is 1. The van der Waals surface area contributed by atoms with Gasteiger partial charge in [0.05, 0.1) is 0 Å². The van der Waals surface area contributed by atoms with E-state index < -0.39 is 0 Å². The molecule has 0 amide bonds. The molecule has 2 unspecified atom stereocenters. The van der Waals surface area contributed by atoms with E-state index in [9.17, 15) is 10.1 Å². The summed E-state index contributed by atoms with van der Waals surface area (Å²) in [6.45, 7) is 3.54. The Labute approximate surface area is 60.0 Å². The molecule has 0 aliphatic heterocycles. The van der Waals surface area contributed by atoms with Gasteiger partial charge in [-0.05, 0) is 5.92 Å². The standard InChI is InChI=1S/C6H13NO3/c1-5(3-7(9)10)6(2)4-8/h5-6,8H,3-4H2,1-2H3. The average Bonchev–Trinajstić information content (AvgIpc) is 1.85. The third-order valence-electron chi connectivity index (χ3n) is 1.70. The van der Waals surface area contributed by atoms with E-state index in [4.69, 9.17) is 5.11 Å². The van der Waals surface area contributed by atoms with E-state index >= 15 is 0 Å². The maximum atomic E-state index is 9.95. The molecule has 1 N–H and O–H groups in total. The lowest BCUT2D eigenvalue weighted by Crippen LogP contribution is -2.20. The third kappa shape index (κ3) is 3.40. The van der Waals surface area contributed by atoms with Crippen molar-refractivity contribution < 1.29 is 10.0 Å². The van der Waals surface area contributed by atoms with Crippen LogP contribution in [0.25, 0.3) is 0 Å². The van der Waals surface area contributed by atoms with Gasteiger partial charge in [-0.25, -0.2) is 0 Å². The van der Waals surface area contributed by atoms with Gasteiger partial charge in [-0.2, -0.15) is 0 Å². The highest BCUT2D eigenvalue weighted by Crippen LogP contribution is 2.09. The quantitative estimate of drug-likeness (QED) is 0.466. The van der Waals surface area contributed by atoms with E-state index in [1.54, 1.807) is 13.8 Å². The molecule has 4 nitrogen and oxygen atoms in total. The SMILES string of the molecule is CC(CO)C(C)C[N+](=O)[O-]. The smallest absolute Gasteiger partial charge is 0.206 e. The second-order valence-corrected chi connectivity index (χ2v) is 2.65. The molecule has 0 aliphatic carbocycles. The Bertz CT molecular complexity index is 116. The fraction of sp³-hybridized carbons (Fsp3) is 1.00. The molecule has 0 saturated heterocycles. The topological polar surface area (TPSA) is 63.4 Å². The fourth-order valence-electron chi connectivity index (χ4n) is 0.595. The Morgan fingerprint density at radius 1 is 1.50 bits per heavy atom. The van der Waals surface area contributed by atoms with E-state index in [1.807, 2.05) is 0 Å². The largest absolute Gasteiger partial charge is 0.396 e. The van der Waals surface area contributed by atoms with Gasteiger partial charge in [-0.1, -0.05) is 13.8 Å². The minimum atomic E-state index is -0.350. The molecule has 0 heterocycles. The summed E-state index contributed by atoms with van der Waals surface area (Å²) >= 11 is 0. The van der Waals surface area contributed by atoms with Crippen molar-refractivity contribution in [2.75, 3.05) is 13.2 Å². The lowest BCUT2D eigenvalue weighted by atomic mass is 9.97. The van der Waals surface area contributed by atoms with Crippen LogP contribution in [0.2, 0.25) is 0 Å². The van der Waals surface area contributed by atoms with Crippen molar-refractivity contribution >= 4 is 0 Å². The molecule has 0 radical (unpaired) electrons. The van der Waals surface area contributed by atoms with E-state index in [0.717, 1.165) is 0 Å². The highest BCUT2D eigenvalue weighted by Gasteiger charge is 2.15. The third-order valence-corrected chi connectivity index (χ3v) is 1.70. The van der Waals surface area contributed by atoms with Gasteiger partial charge in [-0.3, -0.25) is 10.1 Å². The van der Waals surface area contributed by atoms with Crippen LogP contribution in [-0.2, 0) is 0 Å². The molecule has 0 aliphatic rings. The number of aliphatic hydroxyl groups is 1. The Morgan fingerprint density at radius 2 is 2.00 bits per heavy atom. The van der Waals surface area contributed by atoms with Crippen LogP contribution in [0.5, 0.6) is 0 Å². The number of hydrogen-bond donors (Lipinski definition) is 1. The highest BCUT2D eigenvalue weighted by atomic mass is 16.6. The summed E-state index contributed by atoms with van der Waals surface area (Å²) in [5.74, 6) is -0.0228. The molecule has 0 fully saturated rings. The Morgan fingerprint density at radius 3 is 2.30 bits per heavy atom. The van der Waals surface area contributed by atoms with Gasteiger partial charge in [0.15, 0.2) is 0 Å². The second-order valence-electron chi connectivity index (χ2n) is 2.65. The summed E-state index contributed by atoms with van der Waals surface area (Å²) in [5.41, 5.74) is 0. The van der Waals surface area contributed by atoms with Crippen LogP contribution in [0.4, 0.5) is 0 Å². The van der Waals surface area contributed by atoms with Gasteiger partial charge < -0.3 is 5.11 Å². The summed E-state index contributed by atoms with van der Waals surface area (Å²) in [6.07, 6.45) is 0. The second kappa shape index (κ2) is 4.22. The predicted molar refractivity (Wildman–Crippen MR) is 37.3 cm³/mol. The maximum Gasteiger partial charge on any atom is 0.206 e. The molecule has 0 aromatic carbocycles. The molecular weight excluding hydrogens is 134 g/mol. The van der Waals surface area contributed by atoms with Gasteiger partial charge in [-0.15, -0.1) is 0 Å². The predicted octanol–water partition coefficient (Wildman–Crippen LogP) is 0.528. The minimum absolute atomic E-state index is 0.0189. The van der Waals surface area contributed by atoms with Crippen molar-refractivity contribution in [2.45, 2.75) is 13.8 Å². The highest BCUT2D eigenvalue weighted by molar-refractivity contribution is 4.58. The Kier molecular flexibility index (Phi) is 3.95. The Balaban J connectivity index is 3.61. The molecule has 0 aromatic rings. The molecule has 10 heavy (non-hydrogen) atoms. The van der Waals surface area contributed by atoms with Crippen LogP contribution in [-0.4, -0.2) is 23.2 Å². The van der Waals surface area contributed by atoms with Crippen molar-refractivity contribution in [1.82, 2.24) is 0 Å². The summed E-state index contributed by atoms with van der Waals surface area (Å²) in [7, 11) is 0. The van der Waals surface area contributed by atoms with Crippen molar-refractivity contribution in [3.8, 4) is 0 Å². The molecule has 0 rings (SSSR count). The molecule has 4 heteroatoms. The summed E-state index contributed by atoms with van der Waals surface area (Å²) < 4.78 is 0. The zero-order valence-corrected chi connectivity index (χ0v) is 6.28. The number of nitro groups is 1. The van der Waals surface area contributed by atoms with E-state index in [-0.39, 0.29) is 29.9 Å². The molecular formula is C6H13NO3.